The van der Waals surface area contributed by atoms with E-state index in [9.17, 15) is 0 Å². The molecule has 2 aromatic carbocycles. The normalized spacial score (nSPS) is 21.6. The zero-order chi connectivity index (χ0) is 23.1. The first kappa shape index (κ1) is 21.4. The fraction of sp³-hybridized carbons (Fsp3) is 0.444. The number of aromatic nitrogens is 1. The molecule has 0 atom stereocenters. The molecule has 3 aliphatic heterocycles. The lowest BCUT2D eigenvalue weighted by Gasteiger charge is -2.29. The molecule has 0 unspecified atom stereocenters. The summed E-state index contributed by atoms with van der Waals surface area (Å²) in [7, 11) is 4.31. The molecular weight excluding hydrogens is 424 g/mol. The first-order chi connectivity index (χ1) is 16.7. The van der Waals surface area contributed by atoms with Crippen LogP contribution in [0.5, 0.6) is 0 Å². The maximum Gasteiger partial charge on any atom is 0.249 e. The topological polar surface area (TPSA) is 55.4 Å². The maximum absolute atomic E-state index is 5.65. The molecule has 3 fully saturated rings. The summed E-state index contributed by atoms with van der Waals surface area (Å²) < 4.78 is 10.2. The lowest BCUT2D eigenvalue weighted by molar-refractivity contribution is -0.408. The fourth-order valence-electron chi connectivity index (χ4n) is 5.44. The van der Waals surface area contributed by atoms with E-state index in [2.05, 4.69) is 75.2 Å². The first-order valence-corrected chi connectivity index (χ1v) is 12.6. The Balaban J connectivity index is 1.53. The van der Waals surface area contributed by atoms with Crippen molar-refractivity contribution in [1.82, 2.24) is 15.6 Å². The third-order valence-electron chi connectivity index (χ3n) is 7.48. The molecule has 0 saturated carbocycles. The van der Waals surface area contributed by atoms with Crippen LogP contribution in [-0.2, 0) is 4.74 Å². The molecule has 3 aromatic rings. The van der Waals surface area contributed by atoms with Gasteiger partial charge < -0.3 is 9.64 Å². The molecule has 0 spiro atoms. The van der Waals surface area contributed by atoms with Gasteiger partial charge in [-0.25, -0.2) is 14.1 Å². The van der Waals surface area contributed by atoms with E-state index < -0.39 is 0 Å². The minimum Gasteiger partial charge on any atom is -0.378 e. The van der Waals surface area contributed by atoms with Crippen molar-refractivity contribution in [1.29, 1.82) is 0 Å². The molecule has 6 rings (SSSR count). The van der Waals surface area contributed by atoms with Crippen molar-refractivity contribution in [2.45, 2.75) is 25.7 Å². The zero-order valence-electron chi connectivity index (χ0n) is 20.2. The zero-order valence-corrected chi connectivity index (χ0v) is 20.2. The molecule has 34 heavy (non-hydrogen) atoms. The number of fused-ring (bicyclic) bond motifs is 3. The fourth-order valence-corrected chi connectivity index (χ4v) is 5.44. The van der Waals surface area contributed by atoms with E-state index in [0.29, 0.717) is 0 Å². The van der Waals surface area contributed by atoms with E-state index in [4.69, 9.17) is 9.72 Å². The molecule has 4 heterocycles. The van der Waals surface area contributed by atoms with Crippen LogP contribution in [0.15, 0.2) is 36.4 Å². The monoisotopic (exact) mass is 458 g/mol. The predicted octanol–water partition coefficient (Wildman–Crippen LogP) is 3.34. The van der Waals surface area contributed by atoms with Crippen LogP contribution in [0.25, 0.3) is 21.7 Å². The first-order valence-electron chi connectivity index (χ1n) is 12.6. The Morgan fingerprint density at radius 1 is 0.794 bits per heavy atom. The van der Waals surface area contributed by atoms with E-state index in [0.717, 1.165) is 63.6 Å². The van der Waals surface area contributed by atoms with Gasteiger partial charge in [-0.3, -0.25) is 10.6 Å². The van der Waals surface area contributed by atoms with Crippen molar-refractivity contribution in [2.75, 3.05) is 58.4 Å². The van der Waals surface area contributed by atoms with Crippen molar-refractivity contribution in [2.24, 2.45) is 0 Å². The summed E-state index contributed by atoms with van der Waals surface area (Å²) in [5.74, 6) is 3.66. The molecule has 0 radical (unpaired) electrons. The quantitative estimate of drug-likeness (QED) is 0.466. The van der Waals surface area contributed by atoms with E-state index in [-0.39, 0.29) is 0 Å². The summed E-state index contributed by atoms with van der Waals surface area (Å²) in [4.78, 5) is 7.66. The largest absolute Gasteiger partial charge is 0.378 e. The second-order valence-corrected chi connectivity index (χ2v) is 9.54. The lowest BCUT2D eigenvalue weighted by Crippen LogP contribution is -2.36. The van der Waals surface area contributed by atoms with Gasteiger partial charge in [0.25, 0.3) is 0 Å². The van der Waals surface area contributed by atoms with Crippen LogP contribution in [0.4, 0.5) is 17.2 Å². The van der Waals surface area contributed by atoms with Gasteiger partial charge in [-0.15, -0.1) is 0 Å². The Hall–Kier alpha value is -3.19. The minimum absolute atomic E-state index is 0.745. The summed E-state index contributed by atoms with van der Waals surface area (Å²) in [6.07, 6.45) is 4.60. The maximum atomic E-state index is 5.65. The number of morpholine rings is 1. The molecule has 7 nitrogen and oxygen atoms in total. The number of hydrogen-bond donors (Lipinski definition) is 2. The molecule has 7 heteroatoms. The second-order valence-electron chi connectivity index (χ2n) is 9.54. The highest BCUT2D eigenvalue weighted by Gasteiger charge is 2.22. The third kappa shape index (κ3) is 3.78. The number of ether oxygens (including phenoxy) is 1. The average Bonchev–Trinajstić information content (AvgIpc) is 3.62. The van der Waals surface area contributed by atoms with E-state index in [1.165, 1.54) is 52.0 Å². The van der Waals surface area contributed by atoms with Gasteiger partial charge in [0.05, 0.1) is 58.8 Å². The molecule has 0 bridgehead atoms. The molecule has 0 aliphatic carbocycles. The van der Waals surface area contributed by atoms with Gasteiger partial charge >= 0.3 is 0 Å². The molecule has 0 amide bonds. The number of pyridine rings is 1. The molecule has 1 aromatic heterocycles. The molecule has 3 saturated heterocycles. The molecular formula is C27H34N6O+2. The van der Waals surface area contributed by atoms with Crippen LogP contribution in [0.1, 0.15) is 25.7 Å². The molecule has 2 N–H and O–H groups in total. The van der Waals surface area contributed by atoms with E-state index in [1.54, 1.807) is 0 Å². The average molecular weight is 459 g/mol. The highest BCUT2D eigenvalue weighted by molar-refractivity contribution is 6.11. The number of amidine groups is 2. The number of anilines is 1. The summed E-state index contributed by atoms with van der Waals surface area (Å²) in [5.41, 5.74) is 3.43. The van der Waals surface area contributed by atoms with Crippen LogP contribution < -0.4 is 15.5 Å². The third-order valence-corrected chi connectivity index (χ3v) is 7.48. The van der Waals surface area contributed by atoms with Crippen LogP contribution >= 0.6 is 0 Å². The smallest absolute Gasteiger partial charge is 0.249 e. The van der Waals surface area contributed by atoms with E-state index in [1.807, 2.05) is 0 Å². The van der Waals surface area contributed by atoms with Gasteiger partial charge in [-0.1, -0.05) is 0 Å². The van der Waals surface area contributed by atoms with Crippen LogP contribution in [0.2, 0.25) is 0 Å². The Morgan fingerprint density at radius 3 is 2.03 bits per heavy atom. The predicted molar refractivity (Wildman–Crippen MR) is 138 cm³/mol. The van der Waals surface area contributed by atoms with Crippen molar-refractivity contribution in [3.8, 4) is 0 Å². The SMILES string of the molecule is C[N+](=C1CCCN1)c1ccc2c(c1)nc(N1CCOCC1)c1cc([N+](C)=C3CCCN3)ccc12. The minimum atomic E-state index is 0.745. The highest BCUT2D eigenvalue weighted by atomic mass is 16.5. The summed E-state index contributed by atoms with van der Waals surface area (Å²) in [6, 6.07) is 13.6. The highest BCUT2D eigenvalue weighted by Crippen LogP contribution is 2.35. The van der Waals surface area contributed by atoms with Crippen molar-refractivity contribution < 1.29 is 13.9 Å². The summed E-state index contributed by atoms with van der Waals surface area (Å²) >= 11 is 0. The Morgan fingerprint density at radius 2 is 1.41 bits per heavy atom. The van der Waals surface area contributed by atoms with Gasteiger partial charge in [-0.2, -0.15) is 0 Å². The Labute approximate surface area is 200 Å². The van der Waals surface area contributed by atoms with Crippen molar-refractivity contribution in [3.63, 3.8) is 0 Å². The van der Waals surface area contributed by atoms with Crippen LogP contribution in [0.3, 0.4) is 0 Å². The number of hydrogen-bond acceptors (Lipinski definition) is 3. The Bertz CT molecular complexity index is 1310. The second kappa shape index (κ2) is 8.87. The standard InChI is InChI=1S/C27H32N6O/c1-31(25-5-3-11-28-25)19-7-9-21-22-10-8-20(32(2)26-6-4-12-29-26)18-24(22)30-27(23(21)17-19)33-13-15-34-16-14-33/h7-10,17-18H,3-6,11-16H2,1-2H3/p+2. The van der Waals surface area contributed by atoms with E-state index >= 15 is 0 Å². The van der Waals surface area contributed by atoms with Gasteiger partial charge in [0.2, 0.25) is 11.7 Å². The van der Waals surface area contributed by atoms with Crippen LogP contribution in [0, 0.1) is 0 Å². The van der Waals surface area contributed by atoms with Crippen molar-refractivity contribution in [3.05, 3.63) is 36.4 Å². The summed E-state index contributed by atoms with van der Waals surface area (Å²) in [5, 5.41) is 10.7. The number of nitrogens with one attached hydrogen (secondary N) is 2. The number of benzene rings is 2. The Kier molecular flexibility index (Phi) is 5.57. The van der Waals surface area contributed by atoms with Gasteiger partial charge in [-0.05, 0) is 48.6 Å². The number of nitrogens with zero attached hydrogens (tertiary/aromatic N) is 4. The van der Waals surface area contributed by atoms with Crippen molar-refractivity contribution >= 4 is 50.5 Å². The lowest BCUT2D eigenvalue weighted by atomic mass is 10.0. The number of rotatable bonds is 3. The van der Waals surface area contributed by atoms with Crippen LogP contribution in [-0.4, -0.2) is 79.3 Å². The molecule has 176 valence electrons. The van der Waals surface area contributed by atoms with Gasteiger partial charge in [0.1, 0.15) is 17.2 Å². The summed E-state index contributed by atoms with van der Waals surface area (Å²) in [6.45, 7) is 5.35. The van der Waals surface area contributed by atoms with Gasteiger partial charge in [0, 0.05) is 29.9 Å². The molecule has 3 aliphatic rings. The van der Waals surface area contributed by atoms with Gasteiger partial charge in [0.15, 0.2) is 0 Å².